The minimum absolute atomic E-state index is 0.00854. The van der Waals surface area contributed by atoms with Crippen LogP contribution in [0.4, 0.5) is 0 Å². The molecule has 0 aromatic heterocycles. The highest BCUT2D eigenvalue weighted by Gasteiger charge is 2.45. The molecule has 1 aliphatic heterocycles. The van der Waals surface area contributed by atoms with E-state index in [1.165, 1.54) is 25.7 Å². The van der Waals surface area contributed by atoms with Crippen LogP contribution >= 0.6 is 11.6 Å². The summed E-state index contributed by atoms with van der Waals surface area (Å²) in [6.07, 6.45) is 9.23. The number of benzene rings is 1. The first-order chi connectivity index (χ1) is 15.8. The molecular formula is C27H39ClN2O3. The van der Waals surface area contributed by atoms with Crippen LogP contribution in [0, 0.1) is 17.3 Å². The molecular weight excluding hydrogens is 436 g/mol. The van der Waals surface area contributed by atoms with E-state index >= 15 is 0 Å². The van der Waals surface area contributed by atoms with Crippen molar-refractivity contribution in [1.82, 2.24) is 9.80 Å². The van der Waals surface area contributed by atoms with Crippen LogP contribution in [0.5, 0.6) is 5.75 Å². The van der Waals surface area contributed by atoms with E-state index in [1.54, 1.807) is 11.0 Å². The Labute approximate surface area is 203 Å². The third-order valence-electron chi connectivity index (χ3n) is 8.42. The molecule has 3 fully saturated rings. The molecule has 1 saturated heterocycles. The summed E-state index contributed by atoms with van der Waals surface area (Å²) in [5.74, 6) is 1.80. The maximum Gasteiger partial charge on any atom is 0.260 e. The van der Waals surface area contributed by atoms with Gasteiger partial charge >= 0.3 is 0 Å². The van der Waals surface area contributed by atoms with Crippen LogP contribution in [0.3, 0.4) is 0 Å². The number of rotatable bonds is 9. The third-order valence-corrected chi connectivity index (χ3v) is 8.77. The Morgan fingerprint density at radius 3 is 2.45 bits per heavy atom. The zero-order valence-corrected chi connectivity index (χ0v) is 21.2. The topological polar surface area (TPSA) is 49.9 Å². The van der Waals surface area contributed by atoms with Gasteiger partial charge in [-0.3, -0.25) is 9.59 Å². The Morgan fingerprint density at radius 1 is 1.15 bits per heavy atom. The lowest BCUT2D eigenvalue weighted by Gasteiger charge is -2.41. The number of amides is 2. The number of halogens is 1. The third kappa shape index (κ3) is 5.50. The molecule has 0 N–H and O–H groups in total. The van der Waals surface area contributed by atoms with Crippen molar-refractivity contribution in [3.05, 3.63) is 28.8 Å². The molecule has 182 valence electrons. The molecule has 4 rings (SSSR count). The minimum Gasteiger partial charge on any atom is -0.484 e. The summed E-state index contributed by atoms with van der Waals surface area (Å²) in [5.41, 5.74) is 1.50. The van der Waals surface area contributed by atoms with Gasteiger partial charge in [-0.1, -0.05) is 24.6 Å². The second kappa shape index (κ2) is 10.2. The number of carbonyl (C=O) groups is 2. The Hall–Kier alpha value is -1.75. The van der Waals surface area contributed by atoms with E-state index in [4.69, 9.17) is 16.3 Å². The van der Waals surface area contributed by atoms with E-state index in [2.05, 4.69) is 11.8 Å². The summed E-state index contributed by atoms with van der Waals surface area (Å²) in [5, 5.41) is 0.604. The van der Waals surface area contributed by atoms with Crippen LogP contribution in [0.15, 0.2) is 18.2 Å². The van der Waals surface area contributed by atoms with Crippen molar-refractivity contribution in [2.24, 2.45) is 17.3 Å². The number of carbonyl (C=O) groups excluding carboxylic acids is 2. The fourth-order valence-electron chi connectivity index (χ4n) is 5.94. The van der Waals surface area contributed by atoms with Crippen LogP contribution in [-0.2, 0) is 16.0 Å². The molecule has 2 aliphatic carbocycles. The molecule has 0 bridgehead atoms. The van der Waals surface area contributed by atoms with E-state index in [-0.39, 0.29) is 18.4 Å². The van der Waals surface area contributed by atoms with E-state index in [1.807, 2.05) is 26.0 Å². The molecule has 6 heteroatoms. The Kier molecular flexibility index (Phi) is 7.57. The van der Waals surface area contributed by atoms with Crippen molar-refractivity contribution in [3.63, 3.8) is 0 Å². The van der Waals surface area contributed by atoms with Crippen molar-refractivity contribution >= 4 is 23.4 Å². The van der Waals surface area contributed by atoms with Gasteiger partial charge in [0, 0.05) is 36.6 Å². The summed E-state index contributed by atoms with van der Waals surface area (Å²) in [6.45, 7) is 8.60. The van der Waals surface area contributed by atoms with Crippen LogP contribution in [0.2, 0.25) is 5.02 Å². The highest BCUT2D eigenvalue weighted by atomic mass is 35.5. The molecule has 0 radical (unpaired) electrons. The zero-order chi connectivity index (χ0) is 23.6. The monoisotopic (exact) mass is 474 g/mol. The van der Waals surface area contributed by atoms with Crippen molar-refractivity contribution in [1.29, 1.82) is 0 Å². The lowest BCUT2D eigenvalue weighted by atomic mass is 9.70. The Bertz CT molecular complexity index is 857. The van der Waals surface area contributed by atoms with Crippen LogP contribution in [0.1, 0.15) is 71.3 Å². The van der Waals surface area contributed by atoms with Gasteiger partial charge in [0.25, 0.3) is 5.91 Å². The fraction of sp³-hybridized carbons (Fsp3) is 0.704. The largest absolute Gasteiger partial charge is 0.484 e. The van der Waals surface area contributed by atoms with E-state index in [9.17, 15) is 9.59 Å². The van der Waals surface area contributed by atoms with E-state index in [0.29, 0.717) is 47.6 Å². The molecule has 2 amide bonds. The Balaban J connectivity index is 1.29. The first-order valence-corrected chi connectivity index (χ1v) is 13.2. The molecule has 33 heavy (non-hydrogen) atoms. The van der Waals surface area contributed by atoms with E-state index < -0.39 is 0 Å². The van der Waals surface area contributed by atoms with Crippen molar-refractivity contribution in [2.45, 2.75) is 78.2 Å². The van der Waals surface area contributed by atoms with Gasteiger partial charge < -0.3 is 14.5 Å². The maximum atomic E-state index is 13.2. The normalized spacial score (nSPS) is 27.6. The molecule has 1 atom stereocenters. The average molecular weight is 475 g/mol. The highest BCUT2D eigenvalue weighted by Crippen LogP contribution is 2.53. The molecule has 0 spiro atoms. The number of hydrogen-bond donors (Lipinski definition) is 0. The molecule has 2 saturated carbocycles. The van der Waals surface area contributed by atoms with Gasteiger partial charge in [0.05, 0.1) is 0 Å². The SMILES string of the molecule is CCN(CC)C(=O)COc1ccc(CC2CCN(C3CCC(C)(C4CC4)CC3)C2=O)c(Cl)c1. The summed E-state index contributed by atoms with van der Waals surface area (Å²) < 4.78 is 5.66. The number of nitrogens with zero attached hydrogens (tertiary/aromatic N) is 2. The van der Waals surface area contributed by atoms with Gasteiger partial charge in [-0.15, -0.1) is 0 Å². The molecule has 1 heterocycles. The lowest BCUT2D eigenvalue weighted by Crippen LogP contribution is -2.42. The number of ether oxygens (including phenoxy) is 1. The van der Waals surface area contributed by atoms with Gasteiger partial charge in [-0.25, -0.2) is 0 Å². The number of hydrogen-bond acceptors (Lipinski definition) is 3. The quantitative estimate of drug-likeness (QED) is 0.485. The summed E-state index contributed by atoms with van der Waals surface area (Å²) in [7, 11) is 0. The number of likely N-dealkylation sites (tertiary alicyclic amines) is 1. The van der Waals surface area contributed by atoms with Crippen molar-refractivity contribution in [3.8, 4) is 5.75 Å². The first-order valence-electron chi connectivity index (χ1n) is 12.8. The summed E-state index contributed by atoms with van der Waals surface area (Å²) in [4.78, 5) is 29.3. The molecule has 1 aromatic rings. The standard InChI is InChI=1S/C27H39ClN2O3/c1-4-29(5-2)25(31)18-33-23-9-6-19(24(28)17-23)16-20-12-15-30(26(20)32)22-10-13-27(3,14-11-22)21-7-8-21/h6,9,17,20-22H,4-5,7-8,10-16,18H2,1-3H3. The Morgan fingerprint density at radius 2 is 1.85 bits per heavy atom. The second-order valence-corrected chi connectivity index (χ2v) is 10.9. The van der Waals surface area contributed by atoms with Gasteiger partial charge in [0.1, 0.15) is 5.75 Å². The number of likely N-dealkylation sites (N-methyl/N-ethyl adjacent to an activating group) is 1. The average Bonchev–Trinajstić information content (AvgIpc) is 3.61. The minimum atomic E-state index is -0.0306. The lowest BCUT2D eigenvalue weighted by molar-refractivity contribution is -0.134. The van der Waals surface area contributed by atoms with E-state index in [0.717, 1.165) is 37.3 Å². The predicted octanol–water partition coefficient (Wildman–Crippen LogP) is 5.34. The summed E-state index contributed by atoms with van der Waals surface area (Å²) in [6, 6.07) is 5.98. The molecule has 1 unspecified atom stereocenters. The second-order valence-electron chi connectivity index (χ2n) is 10.5. The fourth-order valence-corrected chi connectivity index (χ4v) is 6.19. The van der Waals surface area contributed by atoms with Crippen LogP contribution in [-0.4, -0.2) is 53.9 Å². The predicted molar refractivity (Wildman–Crippen MR) is 131 cm³/mol. The van der Waals surface area contributed by atoms with Crippen molar-refractivity contribution < 1.29 is 14.3 Å². The van der Waals surface area contributed by atoms with Gasteiger partial charge in [0.2, 0.25) is 5.91 Å². The maximum absolute atomic E-state index is 13.2. The highest BCUT2D eigenvalue weighted by molar-refractivity contribution is 6.31. The molecule has 3 aliphatic rings. The first kappa shape index (κ1) is 24.4. The van der Waals surface area contributed by atoms with Gasteiger partial charge in [-0.2, -0.15) is 0 Å². The van der Waals surface area contributed by atoms with Crippen molar-refractivity contribution in [2.75, 3.05) is 26.2 Å². The van der Waals surface area contributed by atoms with Crippen LogP contribution in [0.25, 0.3) is 0 Å². The van der Waals surface area contributed by atoms with Gasteiger partial charge in [0.15, 0.2) is 6.61 Å². The van der Waals surface area contributed by atoms with Gasteiger partial charge in [-0.05, 0) is 94.2 Å². The van der Waals surface area contributed by atoms with Crippen LogP contribution < -0.4 is 4.74 Å². The molecule has 5 nitrogen and oxygen atoms in total. The molecule has 1 aromatic carbocycles. The smallest absolute Gasteiger partial charge is 0.260 e. The summed E-state index contributed by atoms with van der Waals surface area (Å²) >= 11 is 6.54. The zero-order valence-electron chi connectivity index (χ0n) is 20.4.